The first kappa shape index (κ1) is 16.2. The van der Waals surface area contributed by atoms with Crippen LogP contribution in [0.15, 0.2) is 0 Å². The Kier molecular flexibility index (Phi) is 4.82. The molecule has 1 aliphatic carbocycles. The molecule has 0 amide bonds. The van der Waals surface area contributed by atoms with Gasteiger partial charge in [0.15, 0.2) is 18.0 Å². The third kappa shape index (κ3) is 3.34. The number of ether oxygens (including phenoxy) is 1. The van der Waals surface area contributed by atoms with Crippen LogP contribution in [0.5, 0.6) is 0 Å². The molecule has 1 aromatic rings. The maximum atomic E-state index is 13.0. The first-order valence-corrected chi connectivity index (χ1v) is 6.53. The molecule has 2 heterocycles. The van der Waals surface area contributed by atoms with Crippen LogP contribution in [-0.2, 0) is 10.9 Å². The van der Waals surface area contributed by atoms with Gasteiger partial charge in [-0.1, -0.05) is 0 Å². The van der Waals surface area contributed by atoms with Gasteiger partial charge in [0.05, 0.1) is 5.69 Å². The highest BCUT2D eigenvalue weighted by Crippen LogP contribution is 2.47. The average Bonchev–Trinajstić information content (AvgIpc) is 2.99. The molecule has 2 aliphatic rings. The molecule has 120 valence electrons. The molecule has 1 fully saturated rings. The lowest BCUT2D eigenvalue weighted by Crippen LogP contribution is -2.15. The molecule has 0 radical (unpaired) electrons. The number of halogens is 5. The zero-order chi connectivity index (χ0) is 15.6. The SMILES string of the molecule is C1CCOCC1.OC1c2c(C(F)(F)F)n[nH]c2C(F)C1F. The molecule has 1 aliphatic heterocycles. The molecule has 0 spiro atoms. The summed E-state index contributed by atoms with van der Waals surface area (Å²) >= 11 is 0. The van der Waals surface area contributed by atoms with Crippen LogP contribution in [0.3, 0.4) is 0 Å². The lowest BCUT2D eigenvalue weighted by Gasteiger charge is -2.10. The number of nitrogens with one attached hydrogen (secondary N) is 1. The van der Waals surface area contributed by atoms with Crippen LogP contribution in [0.25, 0.3) is 0 Å². The monoisotopic (exact) mass is 314 g/mol. The normalized spacial score (nSPS) is 28.8. The van der Waals surface area contributed by atoms with Crippen molar-refractivity contribution in [3.8, 4) is 0 Å². The number of aromatic amines is 1. The van der Waals surface area contributed by atoms with Crippen LogP contribution < -0.4 is 0 Å². The van der Waals surface area contributed by atoms with Gasteiger partial charge in [-0.2, -0.15) is 18.3 Å². The summed E-state index contributed by atoms with van der Waals surface area (Å²) in [6.45, 7) is 2.00. The first-order valence-electron chi connectivity index (χ1n) is 6.53. The number of fused-ring (bicyclic) bond motifs is 1. The molecular formula is C12H15F5N2O2. The van der Waals surface area contributed by atoms with E-state index in [0.717, 1.165) is 13.2 Å². The van der Waals surface area contributed by atoms with Crippen molar-refractivity contribution < 1.29 is 31.8 Å². The second kappa shape index (κ2) is 6.27. The molecule has 21 heavy (non-hydrogen) atoms. The van der Waals surface area contributed by atoms with Crippen molar-refractivity contribution in [2.75, 3.05) is 13.2 Å². The number of hydrogen-bond donors (Lipinski definition) is 2. The minimum absolute atomic E-state index is 0.637. The van der Waals surface area contributed by atoms with Gasteiger partial charge in [-0.15, -0.1) is 0 Å². The van der Waals surface area contributed by atoms with Gasteiger partial charge in [-0.25, -0.2) is 8.78 Å². The summed E-state index contributed by atoms with van der Waals surface area (Å²) < 4.78 is 67.7. The van der Waals surface area contributed by atoms with Crippen molar-refractivity contribution >= 4 is 0 Å². The molecule has 3 rings (SSSR count). The highest BCUT2D eigenvalue weighted by atomic mass is 19.4. The summed E-state index contributed by atoms with van der Waals surface area (Å²) in [7, 11) is 0. The average molecular weight is 314 g/mol. The smallest absolute Gasteiger partial charge is 0.385 e. The number of hydrogen-bond acceptors (Lipinski definition) is 3. The topological polar surface area (TPSA) is 58.1 Å². The number of H-pyrrole nitrogens is 1. The summed E-state index contributed by atoms with van der Waals surface area (Å²) in [5.74, 6) is 0. The minimum atomic E-state index is -4.84. The lowest BCUT2D eigenvalue weighted by molar-refractivity contribution is -0.143. The quantitative estimate of drug-likeness (QED) is 0.724. The third-order valence-corrected chi connectivity index (χ3v) is 3.33. The zero-order valence-electron chi connectivity index (χ0n) is 11.0. The number of nitrogens with zero attached hydrogens (tertiary/aromatic N) is 1. The molecule has 1 aromatic heterocycles. The van der Waals surface area contributed by atoms with Crippen LogP contribution in [0.1, 0.15) is 48.5 Å². The van der Waals surface area contributed by atoms with E-state index in [2.05, 4.69) is 5.10 Å². The van der Waals surface area contributed by atoms with Crippen LogP contribution >= 0.6 is 0 Å². The molecular weight excluding hydrogens is 299 g/mol. The molecule has 1 saturated heterocycles. The first-order chi connectivity index (χ1) is 9.84. The number of rotatable bonds is 0. The highest BCUT2D eigenvalue weighted by Gasteiger charge is 2.50. The second-order valence-electron chi connectivity index (χ2n) is 4.86. The summed E-state index contributed by atoms with van der Waals surface area (Å²) in [4.78, 5) is 0. The van der Waals surface area contributed by atoms with Crippen LogP contribution in [0.4, 0.5) is 22.0 Å². The fraction of sp³-hybridized carbons (Fsp3) is 0.750. The van der Waals surface area contributed by atoms with E-state index in [9.17, 15) is 22.0 Å². The van der Waals surface area contributed by atoms with Gasteiger partial charge < -0.3 is 9.84 Å². The standard InChI is InChI=1S/C7H5F5N2O.C5H10O/c8-2-3(9)5(15)1-4(2)13-14-6(1)7(10,11)12;1-2-4-6-5-3-1/h2-3,5,15H,(H,13,14);1-5H2. The van der Waals surface area contributed by atoms with Gasteiger partial charge in [0.25, 0.3) is 0 Å². The number of aliphatic hydroxyl groups excluding tert-OH is 1. The lowest BCUT2D eigenvalue weighted by atomic mass is 10.1. The van der Waals surface area contributed by atoms with Gasteiger partial charge in [-0.05, 0) is 19.3 Å². The third-order valence-electron chi connectivity index (χ3n) is 3.33. The van der Waals surface area contributed by atoms with E-state index >= 15 is 0 Å². The van der Waals surface area contributed by atoms with Gasteiger partial charge in [-0.3, -0.25) is 5.10 Å². The van der Waals surface area contributed by atoms with Crippen molar-refractivity contribution in [2.24, 2.45) is 0 Å². The molecule has 0 aromatic carbocycles. The highest BCUT2D eigenvalue weighted by molar-refractivity contribution is 5.37. The largest absolute Gasteiger partial charge is 0.435 e. The number of aliphatic hydroxyl groups is 1. The van der Waals surface area contributed by atoms with Crippen LogP contribution in [0, 0.1) is 0 Å². The van der Waals surface area contributed by atoms with E-state index in [0.29, 0.717) is 0 Å². The van der Waals surface area contributed by atoms with E-state index in [1.54, 1.807) is 5.10 Å². The van der Waals surface area contributed by atoms with Gasteiger partial charge in [0, 0.05) is 18.8 Å². The van der Waals surface area contributed by atoms with E-state index in [4.69, 9.17) is 9.84 Å². The number of aromatic nitrogens is 2. The number of alkyl halides is 5. The summed E-state index contributed by atoms with van der Waals surface area (Å²) in [5.41, 5.74) is -2.93. The van der Waals surface area contributed by atoms with Crippen molar-refractivity contribution in [3.63, 3.8) is 0 Å². The van der Waals surface area contributed by atoms with Crippen molar-refractivity contribution in [3.05, 3.63) is 17.0 Å². The Morgan fingerprint density at radius 1 is 1.14 bits per heavy atom. The molecule has 0 saturated carbocycles. The fourth-order valence-electron chi connectivity index (χ4n) is 2.26. The molecule has 3 unspecified atom stereocenters. The molecule has 0 bridgehead atoms. The Morgan fingerprint density at radius 2 is 1.76 bits per heavy atom. The molecule has 2 N–H and O–H groups in total. The Hall–Kier alpha value is -1.22. The molecule has 9 heteroatoms. The van der Waals surface area contributed by atoms with Crippen molar-refractivity contribution in [1.82, 2.24) is 10.2 Å². The van der Waals surface area contributed by atoms with E-state index < -0.39 is 41.6 Å². The summed E-state index contributed by atoms with van der Waals surface area (Å²) in [6, 6.07) is 0. The van der Waals surface area contributed by atoms with Gasteiger partial charge in [0.2, 0.25) is 0 Å². The Labute approximate surface area is 117 Å². The van der Waals surface area contributed by atoms with E-state index in [1.807, 2.05) is 0 Å². The Bertz CT molecular complexity index is 461. The molecule has 4 nitrogen and oxygen atoms in total. The van der Waals surface area contributed by atoms with E-state index in [-0.39, 0.29) is 0 Å². The maximum absolute atomic E-state index is 13.0. The Balaban J connectivity index is 0.000000225. The summed E-state index contributed by atoms with van der Waals surface area (Å²) in [5, 5.41) is 13.7. The predicted molar refractivity (Wildman–Crippen MR) is 62.0 cm³/mol. The van der Waals surface area contributed by atoms with Gasteiger partial charge in [0.1, 0.15) is 6.10 Å². The predicted octanol–water partition coefficient (Wildman–Crippen LogP) is 3.01. The summed E-state index contributed by atoms with van der Waals surface area (Å²) in [6.07, 6.45) is -7.70. The zero-order valence-corrected chi connectivity index (χ0v) is 11.0. The minimum Gasteiger partial charge on any atom is -0.385 e. The fourth-order valence-corrected chi connectivity index (χ4v) is 2.26. The maximum Gasteiger partial charge on any atom is 0.435 e. The van der Waals surface area contributed by atoms with Crippen LogP contribution in [0.2, 0.25) is 0 Å². The van der Waals surface area contributed by atoms with Crippen molar-refractivity contribution in [1.29, 1.82) is 0 Å². The second-order valence-corrected chi connectivity index (χ2v) is 4.86. The van der Waals surface area contributed by atoms with Crippen LogP contribution in [-0.4, -0.2) is 34.7 Å². The van der Waals surface area contributed by atoms with Crippen molar-refractivity contribution in [2.45, 2.75) is 43.9 Å². The van der Waals surface area contributed by atoms with E-state index in [1.165, 1.54) is 19.3 Å². The molecule has 3 atom stereocenters. The van der Waals surface area contributed by atoms with Gasteiger partial charge >= 0.3 is 6.18 Å². The Morgan fingerprint density at radius 3 is 2.19 bits per heavy atom.